The molecule has 2 aromatic carbocycles. The standard InChI is InChI=1S/C28H38N2O3S.C5H11NO.C3H8.C2H6/c1-20-24(13-8-14-26(20)31)28(32)29-25(19-34-23-11-4-3-5-12-23)27(33-2)18-30-16-15-21-9-6-7-10-22(21)17-30;1-5(2,3)6-4-7;1-3-2;1-2/h3-5,8,11-14,21-22,25,27,31H,6-7,9-10,15-19H2,1-2H3,(H,29,32);4H,1-3H3,(H,6,7);3H2,1-2H3;1-2H3. The summed E-state index contributed by atoms with van der Waals surface area (Å²) in [6, 6.07) is 15.2. The van der Waals surface area contributed by atoms with Gasteiger partial charge in [-0.25, -0.2) is 0 Å². The van der Waals surface area contributed by atoms with Gasteiger partial charge in [-0.3, -0.25) is 9.59 Å². The second-order valence-corrected chi connectivity index (χ2v) is 14.1. The zero-order valence-corrected chi connectivity index (χ0v) is 30.9. The first kappa shape index (κ1) is 41.5. The molecule has 0 aromatic heterocycles. The summed E-state index contributed by atoms with van der Waals surface area (Å²) in [5, 5.41) is 15.9. The van der Waals surface area contributed by atoms with Crippen LogP contribution in [-0.2, 0) is 9.53 Å². The number of hydrogen-bond acceptors (Lipinski definition) is 6. The molecular weight excluding hydrogens is 595 g/mol. The third kappa shape index (κ3) is 15.4. The Morgan fingerprint density at radius 1 is 1.04 bits per heavy atom. The summed E-state index contributed by atoms with van der Waals surface area (Å²) in [4.78, 5) is 26.7. The average Bonchev–Trinajstić information content (AvgIpc) is 3.04. The number of nitrogens with zero attached hydrogens (tertiary/aromatic N) is 1. The van der Waals surface area contributed by atoms with E-state index in [0.717, 1.165) is 31.5 Å². The van der Waals surface area contributed by atoms with Crippen LogP contribution in [0.4, 0.5) is 0 Å². The molecule has 2 aliphatic rings. The Labute approximate surface area is 284 Å². The first-order valence-corrected chi connectivity index (χ1v) is 18.2. The van der Waals surface area contributed by atoms with Crippen molar-refractivity contribution in [2.75, 3.05) is 32.5 Å². The first-order chi connectivity index (χ1) is 22.0. The molecule has 7 nitrogen and oxygen atoms in total. The van der Waals surface area contributed by atoms with Crippen molar-refractivity contribution in [3.05, 3.63) is 59.7 Å². The summed E-state index contributed by atoms with van der Waals surface area (Å²) < 4.78 is 6.01. The van der Waals surface area contributed by atoms with Crippen molar-refractivity contribution in [1.29, 1.82) is 0 Å². The smallest absolute Gasteiger partial charge is 0.252 e. The predicted octanol–water partition coefficient (Wildman–Crippen LogP) is 8.09. The number of methoxy groups -OCH3 is 1. The van der Waals surface area contributed by atoms with Crippen molar-refractivity contribution < 1.29 is 19.4 Å². The number of carbonyl (C=O) groups excluding carboxylic acids is 2. The van der Waals surface area contributed by atoms with E-state index in [1.54, 1.807) is 44.0 Å². The van der Waals surface area contributed by atoms with Gasteiger partial charge in [-0.2, -0.15) is 0 Å². The highest BCUT2D eigenvalue weighted by molar-refractivity contribution is 7.99. The number of phenols is 1. The molecule has 2 amide bonds. The highest BCUT2D eigenvalue weighted by atomic mass is 32.2. The maximum atomic E-state index is 13.2. The van der Waals surface area contributed by atoms with E-state index in [9.17, 15) is 14.7 Å². The number of benzene rings is 2. The number of fused-ring (bicyclic) bond motifs is 1. The molecule has 4 unspecified atom stereocenters. The van der Waals surface area contributed by atoms with Crippen LogP contribution in [0.15, 0.2) is 53.4 Å². The van der Waals surface area contributed by atoms with Crippen LogP contribution in [0.5, 0.6) is 5.75 Å². The van der Waals surface area contributed by atoms with Crippen molar-refractivity contribution in [1.82, 2.24) is 15.5 Å². The van der Waals surface area contributed by atoms with E-state index in [4.69, 9.17) is 4.74 Å². The van der Waals surface area contributed by atoms with Crippen LogP contribution in [0.2, 0.25) is 0 Å². The van der Waals surface area contributed by atoms with Gasteiger partial charge in [-0.1, -0.05) is 77.6 Å². The summed E-state index contributed by atoms with van der Waals surface area (Å²) >= 11 is 1.73. The van der Waals surface area contributed by atoms with Gasteiger partial charge in [0.2, 0.25) is 6.41 Å². The zero-order valence-electron chi connectivity index (χ0n) is 30.1. The first-order valence-electron chi connectivity index (χ1n) is 17.3. The van der Waals surface area contributed by atoms with Crippen LogP contribution >= 0.6 is 11.8 Å². The SMILES string of the molecule is CC.CC(C)(C)NC=O.CCC.COC(CN1CCC2CCCCC2C1)C(CSc1ccccc1)NC(=O)c1cccc(O)c1C. The van der Waals surface area contributed by atoms with Crippen LogP contribution in [0.1, 0.15) is 103 Å². The fourth-order valence-corrected chi connectivity index (χ4v) is 6.72. The van der Waals surface area contributed by atoms with Crippen LogP contribution in [-0.4, -0.2) is 72.5 Å². The normalized spacial score (nSPS) is 18.8. The number of aromatic hydroxyl groups is 1. The Bertz CT molecular complexity index is 1110. The zero-order chi connectivity index (χ0) is 34.5. The van der Waals surface area contributed by atoms with Gasteiger partial charge in [0.05, 0.1) is 12.1 Å². The van der Waals surface area contributed by atoms with E-state index in [1.165, 1.54) is 43.4 Å². The Balaban J connectivity index is 0.000000760. The number of nitrogens with one attached hydrogen (secondary N) is 2. The molecule has 0 radical (unpaired) electrons. The molecular formula is C38H63N3O4S. The third-order valence-electron chi connectivity index (χ3n) is 8.10. The number of rotatable bonds is 10. The number of ether oxygens (including phenoxy) is 1. The third-order valence-corrected chi connectivity index (χ3v) is 9.23. The molecule has 8 heteroatoms. The van der Waals surface area contributed by atoms with Gasteiger partial charge in [0.25, 0.3) is 5.91 Å². The maximum Gasteiger partial charge on any atom is 0.252 e. The molecule has 46 heavy (non-hydrogen) atoms. The van der Waals surface area contributed by atoms with Gasteiger partial charge < -0.3 is 25.4 Å². The molecule has 2 aromatic rings. The number of piperidine rings is 1. The van der Waals surface area contributed by atoms with Crippen LogP contribution in [0.25, 0.3) is 0 Å². The Morgan fingerprint density at radius 2 is 1.67 bits per heavy atom. The van der Waals surface area contributed by atoms with E-state index in [2.05, 4.69) is 41.5 Å². The number of hydrogen-bond donors (Lipinski definition) is 3. The number of carbonyl (C=O) groups is 2. The van der Waals surface area contributed by atoms with Crippen molar-refractivity contribution in [2.24, 2.45) is 11.8 Å². The van der Waals surface area contributed by atoms with Crippen LogP contribution in [0.3, 0.4) is 0 Å². The maximum absolute atomic E-state index is 13.2. The summed E-state index contributed by atoms with van der Waals surface area (Å²) in [7, 11) is 1.75. The summed E-state index contributed by atoms with van der Waals surface area (Å²) in [5.74, 6) is 2.39. The van der Waals surface area contributed by atoms with E-state index in [-0.39, 0.29) is 29.3 Å². The minimum atomic E-state index is -0.167. The van der Waals surface area contributed by atoms with Crippen molar-refractivity contribution in [3.8, 4) is 5.75 Å². The van der Waals surface area contributed by atoms with E-state index in [1.807, 2.05) is 52.8 Å². The van der Waals surface area contributed by atoms with Gasteiger partial charge in [0.15, 0.2) is 0 Å². The number of amides is 2. The van der Waals surface area contributed by atoms with E-state index >= 15 is 0 Å². The van der Waals surface area contributed by atoms with E-state index in [0.29, 0.717) is 23.3 Å². The molecule has 0 spiro atoms. The van der Waals surface area contributed by atoms with Gasteiger partial charge in [0.1, 0.15) is 5.75 Å². The highest BCUT2D eigenvalue weighted by Crippen LogP contribution is 2.36. The lowest BCUT2D eigenvalue weighted by molar-refractivity contribution is -0.110. The number of thioether (sulfide) groups is 1. The molecule has 1 aliphatic heterocycles. The Kier molecular flexibility index (Phi) is 20.6. The topological polar surface area (TPSA) is 90.9 Å². The minimum Gasteiger partial charge on any atom is -0.508 e. The number of likely N-dealkylation sites (tertiary alicyclic amines) is 1. The predicted molar refractivity (Wildman–Crippen MR) is 195 cm³/mol. The molecule has 1 saturated heterocycles. The lowest BCUT2D eigenvalue weighted by atomic mass is 9.75. The van der Waals surface area contributed by atoms with Gasteiger partial charge in [-0.05, 0) is 83.2 Å². The van der Waals surface area contributed by atoms with Crippen molar-refractivity contribution >= 4 is 24.1 Å². The summed E-state index contributed by atoms with van der Waals surface area (Å²) in [5.41, 5.74) is 1.04. The quantitative estimate of drug-likeness (QED) is 0.177. The molecule has 4 rings (SSSR count). The average molecular weight is 658 g/mol. The second-order valence-electron chi connectivity index (χ2n) is 13.0. The lowest BCUT2D eigenvalue weighted by Gasteiger charge is -2.43. The van der Waals surface area contributed by atoms with Gasteiger partial charge in [-0.15, -0.1) is 11.8 Å². The summed E-state index contributed by atoms with van der Waals surface area (Å²) in [6.07, 6.45) is 8.61. The highest BCUT2D eigenvalue weighted by Gasteiger charge is 2.34. The molecule has 1 saturated carbocycles. The molecule has 4 atom stereocenters. The monoisotopic (exact) mass is 657 g/mol. The van der Waals surface area contributed by atoms with Crippen molar-refractivity contribution in [3.63, 3.8) is 0 Å². The minimum absolute atomic E-state index is 0.0677. The largest absolute Gasteiger partial charge is 0.508 e. The van der Waals surface area contributed by atoms with Crippen LogP contribution < -0.4 is 10.6 Å². The molecule has 3 N–H and O–H groups in total. The number of phenolic OH excluding ortho intramolecular Hbond substituents is 1. The molecule has 0 bridgehead atoms. The van der Waals surface area contributed by atoms with Gasteiger partial charge >= 0.3 is 0 Å². The van der Waals surface area contributed by atoms with Gasteiger partial charge in [0, 0.05) is 47.5 Å². The Morgan fingerprint density at radius 3 is 2.24 bits per heavy atom. The lowest BCUT2D eigenvalue weighted by Crippen LogP contribution is -2.53. The molecule has 2 fully saturated rings. The fourth-order valence-electron chi connectivity index (χ4n) is 5.70. The van der Waals surface area contributed by atoms with E-state index < -0.39 is 0 Å². The van der Waals surface area contributed by atoms with Crippen molar-refractivity contribution in [2.45, 2.75) is 116 Å². The molecule has 1 aliphatic carbocycles. The summed E-state index contributed by atoms with van der Waals surface area (Å²) in [6.45, 7) is 18.9. The van der Waals surface area contributed by atoms with Crippen LogP contribution in [0, 0.1) is 18.8 Å². The fraction of sp³-hybridized carbons (Fsp3) is 0.632. The molecule has 1 heterocycles. The second kappa shape index (κ2) is 22.9. The Hall–Kier alpha value is -2.55. The molecule has 260 valence electrons.